The number of halogens is 4. The van der Waals surface area contributed by atoms with Crippen LogP contribution in [0.1, 0.15) is 33.4 Å². The van der Waals surface area contributed by atoms with Gasteiger partial charge < -0.3 is 9.72 Å². The van der Waals surface area contributed by atoms with Crippen molar-refractivity contribution in [3.8, 4) is 16.9 Å². The van der Waals surface area contributed by atoms with Crippen LogP contribution < -0.4 is 10.2 Å². The molecule has 3 nitrogen and oxygen atoms in total. The number of pyridine rings is 1. The Morgan fingerprint density at radius 2 is 1.68 bits per heavy atom. The summed E-state index contributed by atoms with van der Waals surface area (Å²) in [5, 5.41) is 1.32. The van der Waals surface area contributed by atoms with Crippen molar-refractivity contribution in [2.45, 2.75) is 41.0 Å². The van der Waals surface area contributed by atoms with Crippen molar-refractivity contribution in [2.24, 2.45) is 0 Å². The molecule has 0 unspecified atom stereocenters. The molecule has 0 saturated carbocycles. The summed E-state index contributed by atoms with van der Waals surface area (Å²) in [5.74, 6) is -0.277. The highest BCUT2D eigenvalue weighted by Crippen LogP contribution is 2.38. The number of H-pyrrole nitrogens is 1. The summed E-state index contributed by atoms with van der Waals surface area (Å²) in [4.78, 5) is 16.3. The fourth-order valence-electron chi connectivity index (χ4n) is 3.00. The van der Waals surface area contributed by atoms with Crippen LogP contribution in [0.15, 0.2) is 47.3 Å². The average Bonchev–Trinajstić information content (AvgIpc) is 3.11. The van der Waals surface area contributed by atoms with E-state index in [1.807, 2.05) is 27.7 Å². The second kappa shape index (κ2) is 10.2. The molecule has 0 radical (unpaired) electrons. The number of fused-ring (bicyclic) bond motifs is 3. The van der Waals surface area contributed by atoms with Gasteiger partial charge in [-0.05, 0) is 24.6 Å². The van der Waals surface area contributed by atoms with E-state index in [-0.39, 0.29) is 16.2 Å². The van der Waals surface area contributed by atoms with Gasteiger partial charge in [-0.3, -0.25) is 4.79 Å². The zero-order valence-electron chi connectivity index (χ0n) is 17.8. The third-order valence-electron chi connectivity index (χ3n) is 4.17. The highest BCUT2D eigenvalue weighted by atomic mass is 35.5. The Morgan fingerprint density at radius 1 is 1.03 bits per heavy atom. The number of thiophene rings is 1. The fraction of sp³-hybridized carbons (Fsp3) is 0.261. The molecule has 0 saturated heterocycles. The van der Waals surface area contributed by atoms with E-state index in [4.69, 9.17) is 11.6 Å². The van der Waals surface area contributed by atoms with Crippen molar-refractivity contribution in [2.75, 3.05) is 0 Å². The molecule has 166 valence electrons. The fourth-order valence-corrected chi connectivity index (χ4v) is 4.34. The molecule has 0 spiro atoms. The van der Waals surface area contributed by atoms with Crippen LogP contribution in [-0.2, 0) is 0 Å². The second-order valence-electron chi connectivity index (χ2n) is 5.95. The predicted molar refractivity (Wildman–Crippen MR) is 125 cm³/mol. The number of nitrogens with one attached hydrogen (secondary N) is 1. The molecule has 1 N–H and O–H groups in total. The Kier molecular flexibility index (Phi) is 8.14. The van der Waals surface area contributed by atoms with E-state index in [9.17, 15) is 18.0 Å². The van der Waals surface area contributed by atoms with Crippen molar-refractivity contribution in [3.05, 3.63) is 63.4 Å². The van der Waals surface area contributed by atoms with Gasteiger partial charge >= 0.3 is 6.36 Å². The molecule has 8 heteroatoms. The van der Waals surface area contributed by atoms with Gasteiger partial charge in [0, 0.05) is 21.3 Å². The van der Waals surface area contributed by atoms with E-state index >= 15 is 0 Å². The lowest BCUT2D eigenvalue weighted by atomic mass is 10.0. The lowest BCUT2D eigenvalue weighted by Crippen LogP contribution is -2.17. The maximum Gasteiger partial charge on any atom is 0.573 e. The minimum absolute atomic E-state index is 0.134. The van der Waals surface area contributed by atoms with Gasteiger partial charge in [-0.1, -0.05) is 69.6 Å². The molecule has 0 aliphatic heterocycles. The number of rotatable bonds is 2. The van der Waals surface area contributed by atoms with Gasteiger partial charge in [0.05, 0.1) is 5.39 Å². The first kappa shape index (κ1) is 24.8. The summed E-state index contributed by atoms with van der Waals surface area (Å²) >= 11 is 7.41. The third-order valence-corrected chi connectivity index (χ3v) is 5.69. The Balaban J connectivity index is 0.000000807. The first-order valence-electron chi connectivity index (χ1n) is 9.84. The van der Waals surface area contributed by atoms with E-state index < -0.39 is 6.36 Å². The topological polar surface area (TPSA) is 42.1 Å². The van der Waals surface area contributed by atoms with Crippen LogP contribution in [0, 0.1) is 6.92 Å². The van der Waals surface area contributed by atoms with Crippen LogP contribution in [0.3, 0.4) is 0 Å². The summed E-state index contributed by atoms with van der Waals surface area (Å²) in [6.07, 6.45) is -4.78. The lowest BCUT2D eigenvalue weighted by molar-refractivity contribution is -0.274. The molecule has 0 bridgehead atoms. The van der Waals surface area contributed by atoms with Crippen LogP contribution >= 0.6 is 22.9 Å². The number of benzene rings is 2. The molecule has 4 rings (SSSR count). The predicted octanol–water partition coefficient (Wildman–Crippen LogP) is 8.32. The van der Waals surface area contributed by atoms with E-state index in [1.54, 1.807) is 37.3 Å². The van der Waals surface area contributed by atoms with Crippen molar-refractivity contribution in [1.82, 2.24) is 4.98 Å². The molecule has 0 amide bonds. The molecule has 0 atom stereocenters. The van der Waals surface area contributed by atoms with Gasteiger partial charge in [0.15, 0.2) is 0 Å². The summed E-state index contributed by atoms with van der Waals surface area (Å²) in [5.41, 5.74) is 1.19. The molecular formula is C23H23ClF3NO2S. The standard InChI is InChI=1S/C19H11ClF3NO2S.2C2H6/c1-9-16(20)17(25)15-12-7-6-10(8-14(12)27-18(15)24-9)11-4-2-3-5-13(11)26-19(21,22)23;2*1-2/h2-8H,1H3,(H,24,25);2*1-2H3. The van der Waals surface area contributed by atoms with Gasteiger partial charge in [-0.2, -0.15) is 0 Å². The lowest BCUT2D eigenvalue weighted by Gasteiger charge is -2.13. The quantitative estimate of drug-likeness (QED) is 0.320. The number of ether oxygens (including phenoxy) is 1. The Bertz CT molecular complexity index is 1250. The number of aromatic amines is 1. The van der Waals surface area contributed by atoms with Gasteiger partial charge in [0.2, 0.25) is 5.43 Å². The Labute approximate surface area is 187 Å². The monoisotopic (exact) mass is 469 g/mol. The minimum Gasteiger partial charge on any atom is -0.405 e. The number of alkyl halides is 3. The van der Waals surface area contributed by atoms with Crippen molar-refractivity contribution < 1.29 is 17.9 Å². The molecule has 0 aliphatic carbocycles. The smallest absolute Gasteiger partial charge is 0.405 e. The van der Waals surface area contributed by atoms with E-state index in [2.05, 4.69) is 9.72 Å². The first-order chi connectivity index (χ1) is 14.7. The van der Waals surface area contributed by atoms with Crippen molar-refractivity contribution in [1.29, 1.82) is 0 Å². The molecule has 31 heavy (non-hydrogen) atoms. The van der Waals surface area contributed by atoms with E-state index in [1.165, 1.54) is 23.5 Å². The number of aromatic nitrogens is 1. The molecule has 4 aromatic rings. The Morgan fingerprint density at radius 3 is 2.32 bits per heavy atom. The van der Waals surface area contributed by atoms with Crippen LogP contribution in [0.25, 0.3) is 31.4 Å². The van der Waals surface area contributed by atoms with E-state index in [0.29, 0.717) is 32.4 Å². The van der Waals surface area contributed by atoms with E-state index in [0.717, 1.165) is 4.70 Å². The summed E-state index contributed by atoms with van der Waals surface area (Å²) in [7, 11) is 0. The van der Waals surface area contributed by atoms with Crippen LogP contribution in [0.2, 0.25) is 5.02 Å². The number of para-hydroxylation sites is 1. The van der Waals surface area contributed by atoms with Crippen molar-refractivity contribution in [3.63, 3.8) is 0 Å². The maximum absolute atomic E-state index is 12.7. The number of aryl methyl sites for hydroxylation is 1. The first-order valence-corrected chi connectivity index (χ1v) is 11.0. The maximum atomic E-state index is 12.7. The number of hydrogen-bond donors (Lipinski definition) is 1. The minimum atomic E-state index is -4.78. The molecule has 2 aromatic carbocycles. The van der Waals surface area contributed by atoms with Gasteiger partial charge in [-0.25, -0.2) is 0 Å². The van der Waals surface area contributed by atoms with Crippen LogP contribution in [-0.4, -0.2) is 11.3 Å². The normalized spacial score (nSPS) is 10.9. The van der Waals surface area contributed by atoms with Gasteiger partial charge in [0.25, 0.3) is 0 Å². The second-order valence-corrected chi connectivity index (χ2v) is 7.38. The zero-order chi connectivity index (χ0) is 23.3. The Hall–Kier alpha value is -2.51. The van der Waals surface area contributed by atoms with Crippen LogP contribution in [0.5, 0.6) is 5.75 Å². The largest absolute Gasteiger partial charge is 0.573 e. The highest BCUT2D eigenvalue weighted by Gasteiger charge is 2.32. The highest BCUT2D eigenvalue weighted by molar-refractivity contribution is 7.25. The summed E-state index contributed by atoms with van der Waals surface area (Å²) in [6.45, 7) is 9.71. The molecule has 2 aromatic heterocycles. The molecular weight excluding hydrogens is 447 g/mol. The van der Waals surface area contributed by atoms with Crippen molar-refractivity contribution >= 4 is 43.2 Å². The molecule has 0 aliphatic rings. The van der Waals surface area contributed by atoms with Gasteiger partial charge in [-0.15, -0.1) is 24.5 Å². The van der Waals surface area contributed by atoms with Crippen LogP contribution in [0.4, 0.5) is 13.2 Å². The van der Waals surface area contributed by atoms with Gasteiger partial charge in [0.1, 0.15) is 15.6 Å². The summed E-state index contributed by atoms with van der Waals surface area (Å²) < 4.78 is 42.9. The zero-order valence-corrected chi connectivity index (χ0v) is 19.4. The number of hydrogen-bond acceptors (Lipinski definition) is 3. The third kappa shape index (κ3) is 5.22. The SMILES string of the molecule is CC.CC.Cc1[nH]c2sc3cc(-c4ccccc4OC(F)(F)F)ccc3c2c(=O)c1Cl. The average molecular weight is 470 g/mol. The molecule has 0 fully saturated rings. The molecule has 2 heterocycles. The summed E-state index contributed by atoms with van der Waals surface area (Å²) in [6, 6.07) is 11.1.